The number of carbonyl (C=O) groups is 1. The van der Waals surface area contributed by atoms with Crippen molar-refractivity contribution < 1.29 is 23.0 Å². The summed E-state index contributed by atoms with van der Waals surface area (Å²) in [6.07, 6.45) is 0. The van der Waals surface area contributed by atoms with Gasteiger partial charge in [0.25, 0.3) is 5.76 Å². The Kier molecular flexibility index (Phi) is 5.98. The highest BCUT2D eigenvalue weighted by Gasteiger charge is 2.11. The molecule has 0 N–H and O–H groups in total. The number of rotatable bonds is 7. The molecule has 2 rings (SSSR count). The van der Waals surface area contributed by atoms with Gasteiger partial charge in [-0.2, -0.15) is 8.78 Å². The monoisotopic (exact) mass is 338 g/mol. The number of Topliss-reactive ketones (excluding diaryl/α,β-unsaturated/α-hetero) is 1. The van der Waals surface area contributed by atoms with Gasteiger partial charge in [0.15, 0.2) is 5.78 Å². The molecule has 0 heterocycles. The van der Waals surface area contributed by atoms with E-state index in [1.54, 1.807) is 42.5 Å². The fourth-order valence-electron chi connectivity index (χ4n) is 1.95. The highest BCUT2D eigenvalue weighted by atomic mass is 32.2. The van der Waals surface area contributed by atoms with Crippen LogP contribution in [0.2, 0.25) is 0 Å². The van der Waals surface area contributed by atoms with E-state index in [2.05, 4.69) is 0 Å². The summed E-state index contributed by atoms with van der Waals surface area (Å²) in [5.74, 6) is -1.48. The Morgan fingerprint density at radius 3 is 2.43 bits per heavy atom. The van der Waals surface area contributed by atoms with E-state index in [-0.39, 0.29) is 12.4 Å². The van der Waals surface area contributed by atoms with Gasteiger partial charge in [-0.1, -0.05) is 17.8 Å². The average molecular weight is 338 g/mol. The van der Waals surface area contributed by atoms with Gasteiger partial charge < -0.3 is 9.47 Å². The Morgan fingerprint density at radius 2 is 1.87 bits per heavy atom. The third-order valence-corrected chi connectivity index (χ3v) is 3.88. The van der Waals surface area contributed by atoms with Crippen molar-refractivity contribution in [3.8, 4) is 11.5 Å². The predicted molar refractivity (Wildman–Crippen MR) is 85.6 cm³/mol. The Labute approximate surface area is 137 Å². The van der Waals surface area contributed by atoms with Crippen molar-refractivity contribution in [2.24, 2.45) is 0 Å². The normalized spacial score (nSPS) is 10.7. The first-order valence-electron chi connectivity index (χ1n) is 6.85. The van der Waals surface area contributed by atoms with Crippen LogP contribution in [0.5, 0.6) is 11.5 Å². The van der Waals surface area contributed by atoms with Crippen molar-refractivity contribution in [1.29, 1.82) is 0 Å². The maximum atomic E-state index is 12.5. The van der Waals surface area contributed by atoms with Crippen molar-refractivity contribution in [3.63, 3.8) is 0 Å². The molecular weight excluding hydrogens is 322 g/mol. The second-order valence-electron chi connectivity index (χ2n) is 4.73. The molecule has 0 amide bonds. The number of hydrogen-bond donors (Lipinski definition) is 0. The topological polar surface area (TPSA) is 35.5 Å². The fourth-order valence-corrected chi connectivity index (χ4v) is 2.54. The van der Waals surface area contributed by atoms with Gasteiger partial charge in [0.05, 0.1) is 12.0 Å². The summed E-state index contributed by atoms with van der Waals surface area (Å²) in [4.78, 5) is 11.6. The maximum absolute atomic E-state index is 12.5. The van der Waals surface area contributed by atoms with Crippen LogP contribution in [0.25, 0.3) is 0 Å². The molecule has 2 aromatic rings. The van der Waals surface area contributed by atoms with Gasteiger partial charge >= 0.3 is 0 Å². The van der Waals surface area contributed by atoms with E-state index >= 15 is 0 Å². The summed E-state index contributed by atoms with van der Waals surface area (Å²) < 4.78 is 35.7. The summed E-state index contributed by atoms with van der Waals surface area (Å²) >= 11 is 0.446. The predicted octanol–water partition coefficient (Wildman–Crippen LogP) is 4.79. The number of benzene rings is 2. The molecule has 0 aliphatic heterocycles. The number of alkyl halides is 2. The summed E-state index contributed by atoms with van der Waals surface area (Å²) in [6.45, 7) is 1.77. The quantitative estimate of drug-likeness (QED) is 0.537. The summed E-state index contributed by atoms with van der Waals surface area (Å²) in [5.41, 5.74) is 1.42. The molecule has 0 spiro atoms. The number of methoxy groups -OCH3 is 1. The lowest BCUT2D eigenvalue weighted by Gasteiger charge is -2.11. The van der Waals surface area contributed by atoms with E-state index in [1.807, 2.05) is 0 Å². The van der Waals surface area contributed by atoms with Gasteiger partial charge in [0, 0.05) is 5.56 Å². The lowest BCUT2D eigenvalue weighted by atomic mass is 10.1. The zero-order valence-corrected chi connectivity index (χ0v) is 13.5. The number of halogens is 2. The molecule has 0 aliphatic carbocycles. The first kappa shape index (κ1) is 17.3. The molecule has 0 saturated carbocycles. The summed E-state index contributed by atoms with van der Waals surface area (Å²) in [6, 6.07) is 11.8. The van der Waals surface area contributed by atoms with Crippen molar-refractivity contribution in [2.45, 2.75) is 24.2 Å². The van der Waals surface area contributed by atoms with Crippen molar-refractivity contribution in [1.82, 2.24) is 0 Å². The van der Waals surface area contributed by atoms with Gasteiger partial charge in [-0.25, -0.2) is 0 Å². The molecule has 0 fully saturated rings. The lowest BCUT2D eigenvalue weighted by Crippen LogP contribution is -1.98. The second-order valence-corrected chi connectivity index (χ2v) is 5.76. The van der Waals surface area contributed by atoms with Crippen LogP contribution < -0.4 is 9.47 Å². The van der Waals surface area contributed by atoms with Gasteiger partial charge in [-0.15, -0.1) is 0 Å². The summed E-state index contributed by atoms with van der Waals surface area (Å²) in [7, 11) is 1.44. The minimum Gasteiger partial charge on any atom is -0.496 e. The molecular formula is C17H16F2O3S. The number of ether oxygens (including phenoxy) is 2. The minimum atomic E-state index is -2.49. The fraction of sp³-hybridized carbons (Fsp3) is 0.235. The molecule has 0 aliphatic rings. The molecule has 3 nitrogen and oxygen atoms in total. The Balaban J connectivity index is 2.04. The summed E-state index contributed by atoms with van der Waals surface area (Å²) in [5, 5.41) is 0. The van der Waals surface area contributed by atoms with Gasteiger partial charge in [0.2, 0.25) is 0 Å². The molecule has 0 bridgehead atoms. The standard InChI is InChI=1S/C17H16F2O3S/c1-11(20)13-4-6-14(7-5-13)22-10-12-3-8-16(23-17(18)19)15(9-12)21-2/h3-9,17H,10H2,1-2H3. The van der Waals surface area contributed by atoms with Gasteiger partial charge in [0.1, 0.15) is 18.1 Å². The zero-order valence-electron chi connectivity index (χ0n) is 12.7. The highest BCUT2D eigenvalue weighted by molar-refractivity contribution is 7.99. The van der Waals surface area contributed by atoms with E-state index < -0.39 is 5.76 Å². The van der Waals surface area contributed by atoms with E-state index in [4.69, 9.17) is 9.47 Å². The average Bonchev–Trinajstić information content (AvgIpc) is 2.53. The van der Waals surface area contributed by atoms with E-state index in [0.29, 0.717) is 33.7 Å². The number of thioether (sulfide) groups is 1. The van der Waals surface area contributed by atoms with Crippen LogP contribution in [0.4, 0.5) is 8.78 Å². The number of hydrogen-bond acceptors (Lipinski definition) is 4. The molecule has 122 valence electrons. The third kappa shape index (κ3) is 4.96. The van der Waals surface area contributed by atoms with E-state index in [0.717, 1.165) is 5.56 Å². The van der Waals surface area contributed by atoms with E-state index in [9.17, 15) is 13.6 Å². The SMILES string of the molecule is COc1cc(COc2ccc(C(C)=O)cc2)ccc1SC(F)F. The Hall–Kier alpha value is -2.08. The van der Waals surface area contributed by atoms with Crippen molar-refractivity contribution in [3.05, 3.63) is 53.6 Å². The Morgan fingerprint density at radius 1 is 1.17 bits per heavy atom. The van der Waals surface area contributed by atoms with Crippen LogP contribution in [-0.4, -0.2) is 18.7 Å². The van der Waals surface area contributed by atoms with Crippen LogP contribution in [0.1, 0.15) is 22.8 Å². The lowest BCUT2D eigenvalue weighted by molar-refractivity contribution is 0.101. The molecule has 2 aromatic carbocycles. The van der Waals surface area contributed by atoms with Crippen LogP contribution in [0.3, 0.4) is 0 Å². The van der Waals surface area contributed by atoms with Crippen LogP contribution in [0, 0.1) is 0 Å². The van der Waals surface area contributed by atoms with Crippen molar-refractivity contribution >= 4 is 17.5 Å². The highest BCUT2D eigenvalue weighted by Crippen LogP contribution is 2.34. The largest absolute Gasteiger partial charge is 0.496 e. The maximum Gasteiger partial charge on any atom is 0.289 e. The number of carbonyl (C=O) groups excluding carboxylic acids is 1. The Bertz CT molecular complexity index is 672. The smallest absolute Gasteiger partial charge is 0.289 e. The molecule has 0 saturated heterocycles. The molecule has 0 atom stereocenters. The number of ketones is 1. The van der Waals surface area contributed by atoms with E-state index in [1.165, 1.54) is 14.0 Å². The van der Waals surface area contributed by atoms with Crippen LogP contribution >= 0.6 is 11.8 Å². The molecule has 23 heavy (non-hydrogen) atoms. The molecule has 0 aromatic heterocycles. The third-order valence-electron chi connectivity index (χ3n) is 3.11. The first-order chi connectivity index (χ1) is 11.0. The molecule has 0 unspecified atom stereocenters. The van der Waals surface area contributed by atoms with Crippen LogP contribution in [0.15, 0.2) is 47.4 Å². The molecule has 0 radical (unpaired) electrons. The van der Waals surface area contributed by atoms with Gasteiger partial charge in [-0.3, -0.25) is 4.79 Å². The second kappa shape index (κ2) is 7.97. The van der Waals surface area contributed by atoms with Gasteiger partial charge in [-0.05, 0) is 48.9 Å². The van der Waals surface area contributed by atoms with Crippen LogP contribution in [-0.2, 0) is 6.61 Å². The zero-order chi connectivity index (χ0) is 16.8. The molecule has 6 heteroatoms. The van der Waals surface area contributed by atoms with Crippen molar-refractivity contribution in [2.75, 3.05) is 7.11 Å². The first-order valence-corrected chi connectivity index (χ1v) is 7.73. The minimum absolute atomic E-state index is 0.00611.